The number of hydrogen-bond acceptors (Lipinski definition) is 3. The highest BCUT2D eigenvalue weighted by Gasteiger charge is 2.47. The van der Waals surface area contributed by atoms with E-state index in [4.69, 9.17) is 4.74 Å². The summed E-state index contributed by atoms with van der Waals surface area (Å²) in [5, 5.41) is 0. The van der Waals surface area contributed by atoms with Crippen LogP contribution >= 0.6 is 0 Å². The van der Waals surface area contributed by atoms with Crippen LogP contribution in [-0.2, 0) is 14.3 Å². The normalized spacial score (nSPS) is 41.9. The number of rotatable bonds is 4. The summed E-state index contributed by atoms with van der Waals surface area (Å²) in [4.78, 5) is 26.8. The van der Waals surface area contributed by atoms with Crippen molar-refractivity contribution in [3.8, 4) is 0 Å². The van der Waals surface area contributed by atoms with Crippen molar-refractivity contribution in [2.45, 2.75) is 63.8 Å². The Morgan fingerprint density at radius 3 is 2.48 bits per heavy atom. The lowest BCUT2D eigenvalue weighted by atomic mass is 9.72. The van der Waals surface area contributed by atoms with Crippen LogP contribution in [0.1, 0.15) is 57.8 Å². The van der Waals surface area contributed by atoms with Gasteiger partial charge in [0.15, 0.2) is 0 Å². The van der Waals surface area contributed by atoms with E-state index in [1.165, 1.54) is 39.2 Å². The topological polar surface area (TPSA) is 46.6 Å². The summed E-state index contributed by atoms with van der Waals surface area (Å²) in [6, 6.07) is 0.436. The molecule has 0 spiro atoms. The summed E-state index contributed by atoms with van der Waals surface area (Å²) in [7, 11) is 1.43. The summed E-state index contributed by atoms with van der Waals surface area (Å²) >= 11 is 0. The average Bonchev–Trinajstić information content (AvgIpc) is 3.22. The molecule has 3 aliphatic carbocycles. The van der Waals surface area contributed by atoms with E-state index in [0.717, 1.165) is 50.0 Å². The summed E-state index contributed by atoms with van der Waals surface area (Å²) in [5.74, 6) is 2.51. The van der Waals surface area contributed by atoms with Crippen LogP contribution in [0.2, 0.25) is 0 Å². The van der Waals surface area contributed by atoms with Gasteiger partial charge < -0.3 is 9.64 Å². The molecule has 4 aliphatic rings. The summed E-state index contributed by atoms with van der Waals surface area (Å²) in [6.45, 7) is 0.898. The molecule has 0 aromatic rings. The van der Waals surface area contributed by atoms with Crippen LogP contribution in [0.25, 0.3) is 0 Å². The van der Waals surface area contributed by atoms with Crippen molar-refractivity contribution in [2.75, 3.05) is 13.7 Å². The molecular weight excluding hydrogens is 290 g/mol. The minimum Gasteiger partial charge on any atom is -0.469 e. The molecule has 1 aliphatic heterocycles. The zero-order valence-corrected chi connectivity index (χ0v) is 14.2. The molecular formula is C19H29NO3. The fourth-order valence-corrected chi connectivity index (χ4v) is 5.83. The molecule has 4 heteroatoms. The highest BCUT2D eigenvalue weighted by atomic mass is 16.5. The summed E-state index contributed by atoms with van der Waals surface area (Å²) in [6.07, 6.45) is 10.9. The number of esters is 1. The van der Waals surface area contributed by atoms with E-state index < -0.39 is 0 Å². The molecule has 4 fully saturated rings. The van der Waals surface area contributed by atoms with Crippen molar-refractivity contribution in [2.24, 2.45) is 29.6 Å². The molecule has 0 aromatic carbocycles. The predicted molar refractivity (Wildman–Crippen MR) is 86.5 cm³/mol. The minimum absolute atomic E-state index is 0.108. The van der Waals surface area contributed by atoms with Gasteiger partial charge in [-0.25, -0.2) is 0 Å². The SMILES string of the molecule is COC(=O)[C@@H]1CC[C@@H]1C(=O)N1CCC[C@H]1C[C@@H]1C[C@H]2CC[C@H]1C2. The van der Waals surface area contributed by atoms with Crippen LogP contribution in [0.15, 0.2) is 0 Å². The molecule has 1 heterocycles. The molecule has 3 saturated carbocycles. The van der Waals surface area contributed by atoms with Crippen molar-refractivity contribution in [1.82, 2.24) is 4.90 Å². The molecule has 1 saturated heterocycles. The van der Waals surface area contributed by atoms with Crippen molar-refractivity contribution in [1.29, 1.82) is 0 Å². The molecule has 128 valence electrons. The van der Waals surface area contributed by atoms with Crippen LogP contribution in [0.3, 0.4) is 0 Å². The van der Waals surface area contributed by atoms with E-state index in [1.54, 1.807) is 0 Å². The number of hydrogen-bond donors (Lipinski definition) is 0. The molecule has 2 bridgehead atoms. The van der Waals surface area contributed by atoms with E-state index in [0.29, 0.717) is 6.04 Å². The predicted octanol–water partition coefficient (Wildman–Crippen LogP) is 3.00. The average molecular weight is 319 g/mol. The van der Waals surface area contributed by atoms with E-state index in [1.807, 2.05) is 0 Å². The fraction of sp³-hybridized carbons (Fsp3) is 0.895. The van der Waals surface area contributed by atoms with Gasteiger partial charge in [-0.1, -0.05) is 6.42 Å². The van der Waals surface area contributed by atoms with Gasteiger partial charge in [-0.3, -0.25) is 9.59 Å². The number of ether oxygens (including phenoxy) is 1. The smallest absolute Gasteiger partial charge is 0.309 e. The third kappa shape index (κ3) is 2.68. The highest BCUT2D eigenvalue weighted by Crippen LogP contribution is 2.51. The maximum absolute atomic E-state index is 12.9. The number of amides is 1. The Kier molecular flexibility index (Phi) is 4.10. The number of carbonyl (C=O) groups excluding carboxylic acids is 2. The molecule has 0 unspecified atom stereocenters. The zero-order valence-electron chi connectivity index (χ0n) is 14.2. The maximum Gasteiger partial charge on any atom is 0.309 e. The molecule has 6 atom stereocenters. The summed E-state index contributed by atoms with van der Waals surface area (Å²) < 4.78 is 4.86. The Bertz CT molecular complexity index is 491. The highest BCUT2D eigenvalue weighted by molar-refractivity contribution is 5.87. The van der Waals surface area contributed by atoms with Crippen LogP contribution in [0.5, 0.6) is 0 Å². The van der Waals surface area contributed by atoms with Crippen molar-refractivity contribution in [3.63, 3.8) is 0 Å². The van der Waals surface area contributed by atoms with Crippen molar-refractivity contribution < 1.29 is 14.3 Å². The quantitative estimate of drug-likeness (QED) is 0.748. The van der Waals surface area contributed by atoms with Crippen molar-refractivity contribution >= 4 is 11.9 Å². The van der Waals surface area contributed by atoms with E-state index >= 15 is 0 Å². The first-order valence-corrected chi connectivity index (χ1v) is 9.55. The number of nitrogens with zero attached hydrogens (tertiary/aromatic N) is 1. The van der Waals surface area contributed by atoms with Gasteiger partial charge in [0, 0.05) is 12.6 Å². The first-order valence-electron chi connectivity index (χ1n) is 9.55. The Balaban J connectivity index is 1.37. The Labute approximate surface area is 138 Å². The molecule has 4 rings (SSSR count). The van der Waals surface area contributed by atoms with Crippen LogP contribution < -0.4 is 0 Å². The van der Waals surface area contributed by atoms with E-state index in [2.05, 4.69) is 4.90 Å². The molecule has 1 amide bonds. The zero-order chi connectivity index (χ0) is 16.0. The van der Waals surface area contributed by atoms with Crippen LogP contribution in [0.4, 0.5) is 0 Å². The van der Waals surface area contributed by atoms with Gasteiger partial charge in [0.05, 0.1) is 18.9 Å². The first kappa shape index (κ1) is 15.5. The first-order chi connectivity index (χ1) is 11.2. The third-order valence-corrected chi connectivity index (χ3v) is 7.22. The second-order valence-corrected chi connectivity index (χ2v) is 8.31. The van der Waals surface area contributed by atoms with Gasteiger partial charge in [-0.2, -0.15) is 0 Å². The second kappa shape index (κ2) is 6.10. The lowest BCUT2D eigenvalue weighted by molar-refractivity contribution is -0.159. The van der Waals surface area contributed by atoms with Crippen LogP contribution in [-0.4, -0.2) is 36.5 Å². The lowest BCUT2D eigenvalue weighted by Gasteiger charge is -2.38. The van der Waals surface area contributed by atoms with Gasteiger partial charge >= 0.3 is 5.97 Å². The molecule has 4 nitrogen and oxygen atoms in total. The second-order valence-electron chi connectivity index (χ2n) is 8.31. The lowest BCUT2D eigenvalue weighted by Crippen LogP contribution is -2.48. The maximum atomic E-state index is 12.9. The Morgan fingerprint density at radius 2 is 1.87 bits per heavy atom. The van der Waals surface area contributed by atoms with Gasteiger partial charge in [0.25, 0.3) is 0 Å². The number of likely N-dealkylation sites (tertiary alicyclic amines) is 1. The molecule has 0 radical (unpaired) electrons. The standard InChI is InChI=1S/C19H29NO3/c1-23-19(22)17-7-6-16(17)18(21)20-8-2-3-15(20)11-14-10-12-4-5-13(14)9-12/h12-17H,2-11H2,1H3/t12-,13-,14-,15-,16-,17+/m0/s1. The molecule has 0 aromatic heterocycles. The molecule has 0 N–H and O–H groups in total. The molecule has 23 heavy (non-hydrogen) atoms. The van der Waals surface area contributed by atoms with Gasteiger partial charge in [-0.15, -0.1) is 0 Å². The minimum atomic E-state index is -0.196. The van der Waals surface area contributed by atoms with E-state index in [9.17, 15) is 9.59 Å². The van der Waals surface area contributed by atoms with Gasteiger partial charge in [0.1, 0.15) is 0 Å². The largest absolute Gasteiger partial charge is 0.469 e. The number of methoxy groups -OCH3 is 1. The third-order valence-electron chi connectivity index (χ3n) is 7.22. The van der Waals surface area contributed by atoms with Crippen LogP contribution in [0, 0.1) is 29.6 Å². The fourth-order valence-electron chi connectivity index (χ4n) is 5.83. The number of fused-ring (bicyclic) bond motifs is 2. The Hall–Kier alpha value is -1.06. The number of carbonyl (C=O) groups is 2. The van der Waals surface area contributed by atoms with Gasteiger partial charge in [-0.05, 0) is 69.1 Å². The Morgan fingerprint density at radius 1 is 1.04 bits per heavy atom. The summed E-state index contributed by atoms with van der Waals surface area (Å²) in [5.41, 5.74) is 0. The van der Waals surface area contributed by atoms with E-state index in [-0.39, 0.29) is 23.7 Å². The van der Waals surface area contributed by atoms with Gasteiger partial charge in [0.2, 0.25) is 5.91 Å². The van der Waals surface area contributed by atoms with Crippen molar-refractivity contribution in [3.05, 3.63) is 0 Å². The monoisotopic (exact) mass is 319 g/mol.